The summed E-state index contributed by atoms with van der Waals surface area (Å²) in [6.07, 6.45) is 3.82. The van der Waals surface area contributed by atoms with E-state index in [1.807, 2.05) is 36.2 Å². The van der Waals surface area contributed by atoms with Crippen LogP contribution < -0.4 is 36.6 Å². The number of rotatable bonds is 5. The van der Waals surface area contributed by atoms with Crippen LogP contribution in [0.3, 0.4) is 0 Å². The molecule has 4 nitrogen and oxygen atoms in total. The SMILES string of the molecule is CCn1c(=O)/c(=C2\Sc3cc(C)ccc3N2C)s/c1=C\c1scc[n+]1Cc1ccccc1SC(F)(F)F.[Cl-]. The molecule has 0 unspecified atom stereocenters. The van der Waals surface area contributed by atoms with Crippen molar-refractivity contribution in [2.45, 2.75) is 42.2 Å². The van der Waals surface area contributed by atoms with Gasteiger partial charge in [-0.15, -0.1) is 11.3 Å². The van der Waals surface area contributed by atoms with E-state index in [-0.39, 0.29) is 34.6 Å². The lowest BCUT2D eigenvalue weighted by Crippen LogP contribution is -3.00. The normalized spacial score (nSPS) is 15.1. The van der Waals surface area contributed by atoms with Crippen LogP contribution >= 0.6 is 46.2 Å². The Morgan fingerprint density at radius 2 is 1.92 bits per heavy atom. The fourth-order valence-electron chi connectivity index (χ4n) is 4.14. The summed E-state index contributed by atoms with van der Waals surface area (Å²) in [5.41, 5.74) is -1.54. The molecule has 12 heteroatoms. The van der Waals surface area contributed by atoms with Gasteiger partial charge in [0.15, 0.2) is 12.7 Å². The van der Waals surface area contributed by atoms with Gasteiger partial charge in [-0.2, -0.15) is 17.7 Å². The lowest BCUT2D eigenvalue weighted by atomic mass is 10.2. The van der Waals surface area contributed by atoms with Crippen molar-refractivity contribution >= 4 is 63.0 Å². The molecule has 38 heavy (non-hydrogen) atoms. The summed E-state index contributed by atoms with van der Waals surface area (Å²) in [5.74, 6) is 0. The standard InChI is InChI=1S/C26H23F3N3OS4.ClH/c1-4-32-22(36-23(24(32)33)25-30(3)18-10-9-16(2)13-20(18)35-25)14-21-31(11-12-34-21)15-17-7-5-6-8-19(17)37-26(27,28)29;/h5-14H,4,15H2,1-3H3;1H/q+1;/p-1/b25-23+;. The highest BCUT2D eigenvalue weighted by Crippen LogP contribution is 2.45. The van der Waals surface area contributed by atoms with Crippen LogP contribution in [0.25, 0.3) is 11.1 Å². The Labute approximate surface area is 240 Å². The first-order chi connectivity index (χ1) is 17.6. The van der Waals surface area contributed by atoms with Crippen molar-refractivity contribution in [3.8, 4) is 0 Å². The lowest BCUT2D eigenvalue weighted by Gasteiger charge is -2.12. The van der Waals surface area contributed by atoms with Gasteiger partial charge < -0.3 is 17.3 Å². The van der Waals surface area contributed by atoms with E-state index in [2.05, 4.69) is 30.0 Å². The van der Waals surface area contributed by atoms with Gasteiger partial charge in [-0.1, -0.05) is 47.4 Å². The van der Waals surface area contributed by atoms with Crippen molar-refractivity contribution in [2.24, 2.45) is 0 Å². The number of aryl methyl sites for hydroxylation is 1. The Morgan fingerprint density at radius 1 is 1.16 bits per heavy atom. The number of nitrogens with zero attached hydrogens (tertiary/aromatic N) is 3. The zero-order chi connectivity index (χ0) is 26.3. The van der Waals surface area contributed by atoms with Gasteiger partial charge in [-0.3, -0.25) is 9.36 Å². The highest BCUT2D eigenvalue weighted by Gasteiger charge is 2.31. The molecule has 5 rings (SSSR count). The maximum atomic E-state index is 13.4. The summed E-state index contributed by atoms with van der Waals surface area (Å²) in [4.78, 5) is 16.8. The minimum atomic E-state index is -4.35. The third kappa shape index (κ3) is 5.86. The first-order valence-corrected chi connectivity index (χ1v) is 14.8. The number of alkyl halides is 3. The average Bonchev–Trinajstić information content (AvgIpc) is 3.50. The Kier molecular flexibility index (Phi) is 8.73. The molecule has 0 aliphatic carbocycles. The molecule has 0 saturated heterocycles. The second kappa shape index (κ2) is 11.5. The number of thioether (sulfide) groups is 2. The number of anilines is 1. The fraction of sp³-hybridized carbons (Fsp3) is 0.231. The molecule has 0 atom stereocenters. The number of fused-ring (bicyclic) bond motifs is 1. The van der Waals surface area contributed by atoms with Crippen molar-refractivity contribution < 1.29 is 30.1 Å². The molecule has 2 aromatic carbocycles. The van der Waals surface area contributed by atoms with Gasteiger partial charge in [0, 0.05) is 28.9 Å². The summed E-state index contributed by atoms with van der Waals surface area (Å²) in [6.45, 7) is 4.81. The average molecular weight is 614 g/mol. The van der Waals surface area contributed by atoms with E-state index in [0.29, 0.717) is 23.2 Å². The van der Waals surface area contributed by atoms with E-state index in [1.165, 1.54) is 34.3 Å². The van der Waals surface area contributed by atoms with Crippen LogP contribution in [0, 0.1) is 6.92 Å². The molecule has 3 heterocycles. The van der Waals surface area contributed by atoms with Crippen molar-refractivity contribution in [3.63, 3.8) is 0 Å². The molecule has 1 aliphatic heterocycles. The Bertz CT molecular complexity index is 1660. The summed E-state index contributed by atoms with van der Waals surface area (Å²) in [5, 5.41) is 3.68. The number of halogens is 4. The van der Waals surface area contributed by atoms with Gasteiger partial charge in [0.25, 0.3) is 10.6 Å². The van der Waals surface area contributed by atoms with Crippen LogP contribution in [-0.2, 0) is 13.1 Å². The molecular formula is C26H23ClF3N3OS4. The molecule has 1 aliphatic rings. The first kappa shape index (κ1) is 28.8. The van der Waals surface area contributed by atoms with Crippen LogP contribution in [0.5, 0.6) is 0 Å². The molecule has 0 fully saturated rings. The molecule has 0 bridgehead atoms. The molecule has 200 valence electrons. The molecule has 4 aromatic rings. The quantitative estimate of drug-likeness (QED) is 0.255. The highest BCUT2D eigenvalue weighted by molar-refractivity contribution is 8.08. The minimum absolute atomic E-state index is 0. The van der Waals surface area contributed by atoms with E-state index in [4.69, 9.17) is 0 Å². The largest absolute Gasteiger partial charge is 1.00 e. The van der Waals surface area contributed by atoms with Gasteiger partial charge in [0.05, 0.1) is 17.1 Å². The zero-order valence-corrected chi connectivity index (χ0v) is 24.6. The van der Waals surface area contributed by atoms with Crippen LogP contribution in [-0.4, -0.2) is 17.1 Å². The highest BCUT2D eigenvalue weighted by atomic mass is 35.5. The van der Waals surface area contributed by atoms with Crippen molar-refractivity contribution in [1.29, 1.82) is 0 Å². The molecule has 0 radical (unpaired) electrons. The third-order valence-corrected chi connectivity index (χ3v) is 10.1. The Balaban J connectivity index is 0.00000336. The number of aromatic nitrogens is 2. The van der Waals surface area contributed by atoms with E-state index >= 15 is 0 Å². The van der Waals surface area contributed by atoms with Crippen LogP contribution in [0.1, 0.15) is 23.1 Å². The van der Waals surface area contributed by atoms with Gasteiger partial charge in [-0.05, 0) is 49.4 Å². The van der Waals surface area contributed by atoms with Crippen LogP contribution in [0.2, 0.25) is 0 Å². The van der Waals surface area contributed by atoms with Gasteiger partial charge in [0.2, 0.25) is 0 Å². The summed E-state index contributed by atoms with van der Waals surface area (Å²) >= 11 is 4.45. The van der Waals surface area contributed by atoms with E-state index < -0.39 is 5.51 Å². The number of thiazole rings is 2. The maximum absolute atomic E-state index is 13.4. The molecule has 0 amide bonds. The number of hydrogen-bond acceptors (Lipinski definition) is 6. The number of benzene rings is 2. The van der Waals surface area contributed by atoms with Crippen LogP contribution in [0.15, 0.2) is 68.6 Å². The Morgan fingerprint density at radius 3 is 2.66 bits per heavy atom. The molecule has 0 spiro atoms. The summed E-state index contributed by atoms with van der Waals surface area (Å²) in [6, 6.07) is 12.9. The van der Waals surface area contributed by atoms with Crippen LogP contribution in [0.4, 0.5) is 18.9 Å². The summed E-state index contributed by atoms with van der Waals surface area (Å²) < 4.78 is 44.4. The van der Waals surface area contributed by atoms with Crippen molar-refractivity contribution in [3.05, 3.63) is 89.7 Å². The predicted molar refractivity (Wildman–Crippen MR) is 148 cm³/mol. The maximum Gasteiger partial charge on any atom is 0.446 e. The van der Waals surface area contributed by atoms with E-state index in [0.717, 1.165) is 25.3 Å². The molecule has 0 N–H and O–H groups in total. The van der Waals surface area contributed by atoms with Gasteiger partial charge in [0.1, 0.15) is 14.2 Å². The van der Waals surface area contributed by atoms with Crippen molar-refractivity contribution in [1.82, 2.24) is 4.57 Å². The predicted octanol–water partition coefficient (Wildman–Crippen LogP) is 2.39. The Hall–Kier alpha value is -2.18. The molecule has 0 saturated carbocycles. The second-order valence-corrected chi connectivity index (χ2v) is 12.5. The third-order valence-electron chi connectivity index (χ3n) is 5.91. The fourth-order valence-corrected chi connectivity index (χ4v) is 8.21. The van der Waals surface area contributed by atoms with E-state index in [9.17, 15) is 18.0 Å². The van der Waals surface area contributed by atoms with E-state index in [1.54, 1.807) is 34.5 Å². The van der Waals surface area contributed by atoms with Gasteiger partial charge >= 0.3 is 5.51 Å². The minimum Gasteiger partial charge on any atom is -1.00 e. The molecule has 2 aromatic heterocycles. The molecular weight excluding hydrogens is 591 g/mol. The monoisotopic (exact) mass is 613 g/mol. The topological polar surface area (TPSA) is 29.1 Å². The lowest BCUT2D eigenvalue weighted by molar-refractivity contribution is -0.685. The van der Waals surface area contributed by atoms with Gasteiger partial charge in [-0.25, -0.2) is 0 Å². The second-order valence-electron chi connectivity index (χ2n) is 8.43. The zero-order valence-electron chi connectivity index (χ0n) is 20.6. The smallest absolute Gasteiger partial charge is 0.446 e. The summed E-state index contributed by atoms with van der Waals surface area (Å²) in [7, 11) is 1.98. The van der Waals surface area contributed by atoms with Crippen molar-refractivity contribution in [2.75, 3.05) is 11.9 Å². The first-order valence-electron chi connectivity index (χ1n) is 11.4. The number of hydrogen-bond donors (Lipinski definition) is 0.